The fraction of sp³-hybridized carbons (Fsp3) is 0.800. The third-order valence-electron chi connectivity index (χ3n) is 2.83. The van der Waals surface area contributed by atoms with Gasteiger partial charge in [0.1, 0.15) is 12.1 Å². The van der Waals surface area contributed by atoms with Crippen molar-refractivity contribution in [2.75, 3.05) is 27.4 Å². The summed E-state index contributed by atoms with van der Waals surface area (Å²) >= 11 is 0. The van der Waals surface area contributed by atoms with E-state index in [1.165, 1.54) is 7.11 Å². The van der Waals surface area contributed by atoms with Crippen LogP contribution < -0.4 is 0 Å². The van der Waals surface area contributed by atoms with Gasteiger partial charge in [0.15, 0.2) is 0 Å². The van der Waals surface area contributed by atoms with Gasteiger partial charge in [-0.1, -0.05) is 0 Å². The molecule has 0 amide bonds. The van der Waals surface area contributed by atoms with Gasteiger partial charge in [0.2, 0.25) is 0 Å². The van der Waals surface area contributed by atoms with Crippen LogP contribution in [0.1, 0.15) is 12.8 Å². The average molecular weight is 231 g/mol. The molecule has 1 aliphatic heterocycles. The largest absolute Gasteiger partial charge is 0.480 e. The number of likely N-dealkylation sites (tertiary alicyclic amines) is 1. The molecular weight excluding hydrogens is 214 g/mol. The topological polar surface area (TPSA) is 76.1 Å². The quantitative estimate of drug-likeness (QED) is 0.656. The van der Waals surface area contributed by atoms with E-state index in [0.29, 0.717) is 26.0 Å². The Morgan fingerprint density at radius 2 is 1.94 bits per heavy atom. The van der Waals surface area contributed by atoms with Gasteiger partial charge in [0.05, 0.1) is 13.7 Å². The molecule has 0 spiro atoms. The van der Waals surface area contributed by atoms with Gasteiger partial charge in [-0.25, -0.2) is 0 Å². The molecule has 1 saturated heterocycles. The van der Waals surface area contributed by atoms with E-state index in [0.717, 1.165) is 0 Å². The van der Waals surface area contributed by atoms with Crippen molar-refractivity contribution in [3.63, 3.8) is 0 Å². The molecule has 0 aromatic heterocycles. The maximum absolute atomic E-state index is 11.5. The second kappa shape index (κ2) is 5.81. The van der Waals surface area contributed by atoms with Crippen LogP contribution >= 0.6 is 0 Å². The molecule has 0 bridgehead atoms. The van der Waals surface area contributed by atoms with Crippen LogP contribution in [0.5, 0.6) is 0 Å². The Balaban J connectivity index is 2.71. The van der Waals surface area contributed by atoms with Crippen molar-refractivity contribution in [1.82, 2.24) is 4.90 Å². The number of ether oxygens (including phenoxy) is 2. The van der Waals surface area contributed by atoms with Crippen molar-refractivity contribution < 1.29 is 24.2 Å². The molecule has 1 rings (SSSR count). The van der Waals surface area contributed by atoms with Crippen LogP contribution in [0.4, 0.5) is 0 Å². The van der Waals surface area contributed by atoms with Gasteiger partial charge in [-0.2, -0.15) is 0 Å². The summed E-state index contributed by atoms with van der Waals surface area (Å²) in [7, 11) is 2.85. The Labute approximate surface area is 94.1 Å². The average Bonchev–Trinajstić information content (AvgIpc) is 2.68. The van der Waals surface area contributed by atoms with E-state index < -0.39 is 18.1 Å². The van der Waals surface area contributed by atoms with Gasteiger partial charge >= 0.3 is 11.9 Å². The van der Waals surface area contributed by atoms with Gasteiger partial charge in [0, 0.05) is 13.7 Å². The van der Waals surface area contributed by atoms with E-state index in [9.17, 15) is 9.59 Å². The number of hydrogen-bond acceptors (Lipinski definition) is 5. The molecule has 2 atom stereocenters. The summed E-state index contributed by atoms with van der Waals surface area (Å²) in [5.74, 6) is -1.28. The molecule has 1 N–H and O–H groups in total. The lowest BCUT2D eigenvalue weighted by atomic mass is 10.2. The summed E-state index contributed by atoms with van der Waals surface area (Å²) in [6, 6.07) is -1.07. The van der Waals surface area contributed by atoms with Crippen molar-refractivity contribution in [3.8, 4) is 0 Å². The molecule has 1 aliphatic rings. The highest BCUT2D eigenvalue weighted by atomic mass is 16.5. The summed E-state index contributed by atoms with van der Waals surface area (Å²) in [4.78, 5) is 24.1. The lowest BCUT2D eigenvalue weighted by molar-refractivity contribution is -0.149. The standard InChI is InChI=1S/C10H17NO5/c1-15-6-5-11-7(9(12)13)3-4-8(11)10(14)16-2/h7-8H,3-6H2,1-2H3,(H,12,13). The maximum atomic E-state index is 11.5. The fourth-order valence-electron chi connectivity index (χ4n) is 2.03. The number of rotatable bonds is 5. The first kappa shape index (κ1) is 12.9. The Bertz CT molecular complexity index is 268. The number of nitrogens with zero attached hydrogens (tertiary/aromatic N) is 1. The van der Waals surface area contributed by atoms with Crippen molar-refractivity contribution >= 4 is 11.9 Å². The zero-order chi connectivity index (χ0) is 12.1. The number of methoxy groups -OCH3 is 2. The molecule has 16 heavy (non-hydrogen) atoms. The van der Waals surface area contributed by atoms with Gasteiger partial charge in [-0.3, -0.25) is 14.5 Å². The number of carboxylic acid groups (broad SMARTS) is 1. The molecule has 0 aromatic rings. The Morgan fingerprint density at radius 1 is 1.31 bits per heavy atom. The van der Waals surface area contributed by atoms with Crippen molar-refractivity contribution in [1.29, 1.82) is 0 Å². The minimum Gasteiger partial charge on any atom is -0.480 e. The summed E-state index contributed by atoms with van der Waals surface area (Å²) in [5.41, 5.74) is 0. The lowest BCUT2D eigenvalue weighted by Gasteiger charge is -2.25. The van der Waals surface area contributed by atoms with E-state index in [1.807, 2.05) is 0 Å². The van der Waals surface area contributed by atoms with Crippen molar-refractivity contribution in [3.05, 3.63) is 0 Å². The van der Waals surface area contributed by atoms with Crippen LogP contribution in [0, 0.1) is 0 Å². The Morgan fingerprint density at radius 3 is 2.44 bits per heavy atom. The zero-order valence-electron chi connectivity index (χ0n) is 9.51. The van der Waals surface area contributed by atoms with E-state index in [2.05, 4.69) is 4.74 Å². The predicted molar refractivity (Wildman–Crippen MR) is 55.0 cm³/mol. The van der Waals surface area contributed by atoms with E-state index in [4.69, 9.17) is 9.84 Å². The van der Waals surface area contributed by atoms with Crippen LogP contribution in [-0.4, -0.2) is 61.4 Å². The van der Waals surface area contributed by atoms with Crippen molar-refractivity contribution in [2.24, 2.45) is 0 Å². The van der Waals surface area contributed by atoms with Crippen LogP contribution in [0.25, 0.3) is 0 Å². The van der Waals surface area contributed by atoms with Crippen LogP contribution in [0.3, 0.4) is 0 Å². The first-order valence-corrected chi connectivity index (χ1v) is 5.17. The molecule has 6 nitrogen and oxygen atoms in total. The Hall–Kier alpha value is -1.14. The third-order valence-corrected chi connectivity index (χ3v) is 2.83. The number of carboxylic acids is 1. The second-order valence-electron chi connectivity index (χ2n) is 3.70. The van der Waals surface area contributed by atoms with E-state index in [1.54, 1.807) is 12.0 Å². The summed E-state index contributed by atoms with van der Waals surface area (Å²) in [6.45, 7) is 0.824. The van der Waals surface area contributed by atoms with Crippen molar-refractivity contribution in [2.45, 2.75) is 24.9 Å². The van der Waals surface area contributed by atoms with Gasteiger partial charge in [-0.15, -0.1) is 0 Å². The molecular formula is C10H17NO5. The molecule has 1 fully saturated rings. The number of aliphatic carboxylic acids is 1. The monoisotopic (exact) mass is 231 g/mol. The SMILES string of the molecule is COCCN1C(C(=O)O)CCC1C(=O)OC. The smallest absolute Gasteiger partial charge is 0.323 e. The van der Waals surface area contributed by atoms with Gasteiger partial charge < -0.3 is 14.6 Å². The number of esters is 1. The lowest BCUT2D eigenvalue weighted by Crippen LogP contribution is -2.46. The summed E-state index contributed by atoms with van der Waals surface area (Å²) in [6.07, 6.45) is 0.992. The fourth-order valence-corrected chi connectivity index (χ4v) is 2.03. The summed E-state index contributed by atoms with van der Waals surface area (Å²) in [5, 5.41) is 9.02. The number of carbonyl (C=O) groups excluding carboxylic acids is 1. The summed E-state index contributed by atoms with van der Waals surface area (Å²) < 4.78 is 9.56. The molecule has 2 unspecified atom stereocenters. The highest BCUT2D eigenvalue weighted by Gasteiger charge is 2.41. The molecule has 0 aromatic carbocycles. The Kier molecular flexibility index (Phi) is 4.70. The normalized spacial score (nSPS) is 25.6. The number of carbonyl (C=O) groups is 2. The highest BCUT2D eigenvalue weighted by Crippen LogP contribution is 2.24. The number of hydrogen-bond donors (Lipinski definition) is 1. The minimum absolute atomic E-state index is 0.375. The second-order valence-corrected chi connectivity index (χ2v) is 3.70. The first-order valence-electron chi connectivity index (χ1n) is 5.17. The van der Waals surface area contributed by atoms with Crippen LogP contribution in [-0.2, 0) is 19.1 Å². The molecule has 6 heteroatoms. The zero-order valence-corrected chi connectivity index (χ0v) is 9.51. The first-order chi connectivity index (χ1) is 7.61. The molecule has 0 aliphatic carbocycles. The van der Waals surface area contributed by atoms with Crippen LogP contribution in [0.15, 0.2) is 0 Å². The van der Waals surface area contributed by atoms with Gasteiger partial charge in [-0.05, 0) is 12.8 Å². The highest BCUT2D eigenvalue weighted by molar-refractivity contribution is 5.80. The third kappa shape index (κ3) is 2.70. The van der Waals surface area contributed by atoms with Crippen LogP contribution in [0.2, 0.25) is 0 Å². The molecule has 0 saturated carbocycles. The van der Waals surface area contributed by atoms with E-state index in [-0.39, 0.29) is 5.97 Å². The molecule has 92 valence electrons. The van der Waals surface area contributed by atoms with E-state index >= 15 is 0 Å². The molecule has 1 heterocycles. The minimum atomic E-state index is -0.900. The molecule has 0 radical (unpaired) electrons. The maximum Gasteiger partial charge on any atom is 0.323 e. The van der Waals surface area contributed by atoms with Gasteiger partial charge in [0.25, 0.3) is 0 Å². The predicted octanol–water partition coefficient (Wildman–Crippen LogP) is -0.277.